The Kier molecular flexibility index (Phi) is 30.7. The van der Waals surface area contributed by atoms with E-state index in [2.05, 4.69) is 144 Å². The molecule has 0 aromatic heterocycles. The van der Waals surface area contributed by atoms with Gasteiger partial charge in [-0.2, -0.15) is 0 Å². The first kappa shape index (κ1) is 74.4. The molecule has 3 aromatic carbocycles. The molecule has 15 heteroatoms. The number of aliphatic hydroxyl groups excluding tert-OH is 4. The van der Waals surface area contributed by atoms with Crippen molar-refractivity contribution in [2.45, 2.75) is 228 Å². The number of unbranched alkanes of at least 4 members (excludes halogenated alkanes) is 2. The van der Waals surface area contributed by atoms with E-state index in [1.807, 2.05) is 36.4 Å². The molecule has 0 saturated heterocycles. The largest absolute Gasteiger partial charge is 0.507 e. The third kappa shape index (κ3) is 27.7. The Labute approximate surface area is 467 Å². The van der Waals surface area contributed by atoms with Crippen LogP contribution in [-0.4, -0.2) is 101 Å². The molecule has 3 aromatic rings. The summed E-state index contributed by atoms with van der Waals surface area (Å²) in [4.78, 5) is 42.4. The maximum Gasteiger partial charge on any atom is 0.303 e. The van der Waals surface area contributed by atoms with E-state index < -0.39 is 49.8 Å². The predicted molar refractivity (Wildman–Crippen MR) is 313 cm³/mol. The molecule has 0 spiro atoms. The molecule has 0 fully saturated rings. The summed E-state index contributed by atoms with van der Waals surface area (Å²) in [7, 11) is 0. The van der Waals surface area contributed by atoms with E-state index in [1.54, 1.807) is 0 Å². The number of hydrogen-bond donors (Lipinski definition) is 11. The van der Waals surface area contributed by atoms with Gasteiger partial charge in [0, 0.05) is 25.7 Å². The van der Waals surface area contributed by atoms with Crippen molar-refractivity contribution in [1.29, 1.82) is 0 Å². The summed E-state index contributed by atoms with van der Waals surface area (Å²) >= 11 is 3.63. The van der Waals surface area contributed by atoms with Crippen LogP contribution in [0.5, 0.6) is 17.2 Å². The Balaban J connectivity index is 0. The second kappa shape index (κ2) is 31.8. The fourth-order valence-corrected chi connectivity index (χ4v) is 7.68. The van der Waals surface area contributed by atoms with Crippen molar-refractivity contribution in [3.8, 4) is 17.2 Å². The highest BCUT2D eigenvalue weighted by Gasteiger charge is 2.30. The van der Waals surface area contributed by atoms with Gasteiger partial charge >= 0.3 is 17.9 Å². The number of benzene rings is 3. The zero-order valence-corrected chi connectivity index (χ0v) is 51.3. The number of carboxylic acid groups (broad SMARTS) is 3. The minimum absolute atomic E-state index is 0.0125. The normalized spacial score (nSPS) is 12.1. The van der Waals surface area contributed by atoms with E-state index in [0.717, 1.165) is 62.9 Å². The average Bonchev–Trinajstić information content (AvgIpc) is 3.27. The minimum Gasteiger partial charge on any atom is -0.507 e. The molecule has 0 aliphatic heterocycles. The van der Waals surface area contributed by atoms with Crippen LogP contribution >= 0.6 is 12.6 Å². The Hall–Kier alpha value is -4.67. The first-order valence-electron chi connectivity index (χ1n) is 26.7. The predicted octanol–water partition coefficient (Wildman–Crippen LogP) is 12.0. The van der Waals surface area contributed by atoms with Crippen molar-refractivity contribution in [3.63, 3.8) is 0 Å². The van der Waals surface area contributed by atoms with Gasteiger partial charge < -0.3 is 51.1 Å². The monoisotopic (exact) mass is 1100 g/mol. The molecule has 10 N–H and O–H groups in total. The van der Waals surface area contributed by atoms with Gasteiger partial charge in [-0.3, -0.25) is 19.2 Å². The Bertz CT molecular complexity index is 1970. The smallest absolute Gasteiger partial charge is 0.303 e. The summed E-state index contributed by atoms with van der Waals surface area (Å²) in [5.74, 6) is -1.38. The van der Waals surface area contributed by atoms with Crippen molar-refractivity contribution >= 4 is 35.7 Å². The van der Waals surface area contributed by atoms with Crippen LogP contribution in [0.25, 0.3) is 0 Å². The molecule has 0 aliphatic carbocycles. The van der Waals surface area contributed by atoms with Crippen LogP contribution in [0.4, 0.5) is 0 Å². The van der Waals surface area contributed by atoms with Gasteiger partial charge in [-0.05, 0) is 108 Å². The van der Waals surface area contributed by atoms with E-state index in [-0.39, 0.29) is 56.9 Å². The molecule has 0 heterocycles. The second-order valence-corrected chi connectivity index (χ2v) is 26.8. The molecule has 0 aliphatic rings. The van der Waals surface area contributed by atoms with E-state index in [1.165, 1.54) is 6.42 Å². The molecule has 0 radical (unpaired) electrons. The van der Waals surface area contributed by atoms with Crippen molar-refractivity contribution in [3.05, 3.63) is 86.5 Å². The molecule has 440 valence electrons. The van der Waals surface area contributed by atoms with Gasteiger partial charge in [0.15, 0.2) is 5.12 Å². The third-order valence-corrected chi connectivity index (χ3v) is 12.8. The maximum absolute atomic E-state index is 10.8. The molecular formula is C62H102O14S. The van der Waals surface area contributed by atoms with Crippen LogP contribution < -0.4 is 0 Å². The summed E-state index contributed by atoms with van der Waals surface area (Å²) < 4.78 is 0. The quantitative estimate of drug-likeness (QED) is 0.0443. The first-order valence-corrected chi connectivity index (χ1v) is 27.2. The molecule has 0 saturated carbocycles. The molecule has 3 rings (SSSR count). The lowest BCUT2D eigenvalue weighted by Crippen LogP contribution is -2.37. The summed E-state index contributed by atoms with van der Waals surface area (Å²) in [6.07, 6.45) is 5.74. The van der Waals surface area contributed by atoms with E-state index in [0.29, 0.717) is 42.9 Å². The van der Waals surface area contributed by atoms with E-state index in [9.17, 15) is 34.5 Å². The van der Waals surface area contributed by atoms with Gasteiger partial charge in [0.2, 0.25) is 0 Å². The van der Waals surface area contributed by atoms with Crippen LogP contribution in [0, 0.1) is 5.41 Å². The van der Waals surface area contributed by atoms with E-state index >= 15 is 0 Å². The van der Waals surface area contributed by atoms with Crippen molar-refractivity contribution in [2.24, 2.45) is 5.41 Å². The highest BCUT2D eigenvalue weighted by molar-refractivity contribution is 7.96. The number of thiol groups is 1. The maximum atomic E-state index is 10.8. The summed E-state index contributed by atoms with van der Waals surface area (Å²) in [5.41, 5.74) is 6.02. The number of aryl methyl sites for hydroxylation is 3. The van der Waals surface area contributed by atoms with Gasteiger partial charge in [-0.25, -0.2) is 0 Å². The molecular weight excluding hydrogens is 1000 g/mol. The Morgan fingerprint density at radius 2 is 0.571 bits per heavy atom. The number of rotatable bonds is 17. The average molecular weight is 1100 g/mol. The van der Waals surface area contributed by atoms with Crippen molar-refractivity contribution < 1.29 is 70.2 Å². The number of carbonyl (C=O) groups is 4. The molecule has 14 nitrogen and oxygen atoms in total. The van der Waals surface area contributed by atoms with Gasteiger partial charge in [0.1, 0.15) is 17.2 Å². The Morgan fingerprint density at radius 1 is 0.377 bits per heavy atom. The lowest BCUT2D eigenvalue weighted by molar-refractivity contribution is -0.138. The lowest BCUT2D eigenvalue weighted by atomic mass is 9.78. The van der Waals surface area contributed by atoms with Crippen LogP contribution in [0.15, 0.2) is 36.4 Å². The lowest BCUT2D eigenvalue weighted by Gasteiger charge is -2.28. The Morgan fingerprint density at radius 3 is 0.688 bits per heavy atom. The second-order valence-electron chi connectivity index (χ2n) is 26.3. The third-order valence-electron chi connectivity index (χ3n) is 12.6. The number of phenolic OH excluding ortho intramolecular Hbond substituents is 3. The van der Waals surface area contributed by atoms with Crippen LogP contribution in [-0.2, 0) is 70.9 Å². The fraction of sp³-hybridized carbons (Fsp3) is 0.645. The van der Waals surface area contributed by atoms with Gasteiger partial charge in [-0.1, -0.05) is 181 Å². The first-order chi connectivity index (χ1) is 34.8. The topological polar surface area (TPSA) is 271 Å². The zero-order chi connectivity index (χ0) is 60.9. The van der Waals surface area contributed by atoms with E-state index in [4.69, 9.17) is 35.7 Å². The molecule has 0 amide bonds. The van der Waals surface area contributed by atoms with Crippen molar-refractivity contribution in [1.82, 2.24) is 0 Å². The van der Waals surface area contributed by atoms with Gasteiger partial charge in [0.25, 0.3) is 0 Å². The highest BCUT2D eigenvalue weighted by Crippen LogP contribution is 2.42. The summed E-state index contributed by atoms with van der Waals surface area (Å²) in [6.45, 7) is 37.4. The summed E-state index contributed by atoms with van der Waals surface area (Å²) in [5, 5.41) is 92.2. The van der Waals surface area contributed by atoms with Crippen LogP contribution in [0.1, 0.15) is 227 Å². The molecule has 77 heavy (non-hydrogen) atoms. The molecule has 0 bridgehead atoms. The standard InChI is InChI=1S/3C17H26O3.C6H12OS.C5H12O4/c3*1-16(2,3)12-9-11(7-8-14(18)19)10-13(15(12)20)17(4,5)6;1-2-3-4-5-6(7)8;6-1-5(2-7,3-8)4-9/h3*9-10,20H,7-8H2,1-6H3,(H,18,19);2-5H2,1H3,(H,7,8);6-9H,1-4H2. The SMILES string of the molecule is CC(C)(C)c1cc(CCC(=O)O)cc(C(C)(C)C)c1O.CC(C)(C)c1cc(CCC(=O)O)cc(C(C)(C)C)c1O.CC(C)(C)c1cc(CCC(=O)O)cc(C(C)(C)C)c1O.CCCCCC(=O)S.OCC(CO)(CO)CO. The number of hydrogen-bond acceptors (Lipinski definition) is 11. The number of carbonyl (C=O) groups excluding carboxylic acids is 1. The summed E-state index contributed by atoms with van der Waals surface area (Å²) in [6, 6.07) is 11.6. The number of aliphatic hydroxyl groups is 4. The number of phenols is 3. The van der Waals surface area contributed by atoms with Gasteiger partial charge in [0.05, 0.1) is 31.8 Å². The molecule has 0 unspecified atom stereocenters. The number of aromatic hydroxyl groups is 3. The number of carboxylic acids is 3. The van der Waals surface area contributed by atoms with Crippen molar-refractivity contribution in [2.75, 3.05) is 26.4 Å². The van der Waals surface area contributed by atoms with Crippen LogP contribution in [0.2, 0.25) is 0 Å². The molecule has 0 atom stereocenters. The highest BCUT2D eigenvalue weighted by atomic mass is 32.1. The minimum atomic E-state index is -1.11. The zero-order valence-electron chi connectivity index (χ0n) is 50.4. The van der Waals surface area contributed by atoms with Gasteiger partial charge in [-0.15, -0.1) is 12.6 Å². The fourth-order valence-electron chi connectivity index (χ4n) is 7.53. The number of aliphatic carboxylic acids is 3. The van der Waals surface area contributed by atoms with Crippen LogP contribution in [0.3, 0.4) is 0 Å².